The molecule has 2 N–H and O–H groups in total. The number of likely N-dealkylation sites (tertiary alicyclic amines) is 1. The molecule has 1 saturated heterocycles. The molecule has 1 amide bonds. The van der Waals surface area contributed by atoms with E-state index in [1.54, 1.807) is 0 Å². The predicted octanol–water partition coefficient (Wildman–Crippen LogP) is 3.20. The molecule has 0 aromatic heterocycles. The van der Waals surface area contributed by atoms with Gasteiger partial charge in [-0.3, -0.25) is 9.69 Å². The lowest BCUT2D eigenvalue weighted by molar-refractivity contribution is -0.126. The van der Waals surface area contributed by atoms with E-state index in [9.17, 15) is 4.79 Å². The van der Waals surface area contributed by atoms with Crippen LogP contribution in [0.25, 0.3) is 0 Å². The Balaban J connectivity index is 1.64. The van der Waals surface area contributed by atoms with E-state index < -0.39 is 0 Å². The van der Waals surface area contributed by atoms with E-state index in [1.807, 2.05) is 18.2 Å². The Morgan fingerprint density at radius 3 is 2.44 bits per heavy atom. The van der Waals surface area contributed by atoms with Crippen molar-refractivity contribution in [3.05, 3.63) is 65.7 Å². The molecule has 1 fully saturated rings. The normalized spacial score (nSPS) is 21.0. The predicted molar refractivity (Wildman–Crippen MR) is 99.3 cm³/mol. The van der Waals surface area contributed by atoms with Crippen molar-refractivity contribution >= 4 is 5.91 Å². The first-order valence-corrected chi connectivity index (χ1v) is 8.98. The van der Waals surface area contributed by atoms with Gasteiger partial charge in [-0.2, -0.15) is 0 Å². The number of benzene rings is 2. The van der Waals surface area contributed by atoms with Crippen LogP contribution in [0.2, 0.25) is 0 Å². The minimum Gasteiger partial charge on any atom is -0.475 e. The summed E-state index contributed by atoms with van der Waals surface area (Å²) in [6, 6.07) is 18.7. The molecular weight excluding hydrogens is 312 g/mol. The fourth-order valence-corrected chi connectivity index (χ4v) is 3.39. The fraction of sp³-hybridized carbons (Fsp3) is 0.381. The van der Waals surface area contributed by atoms with Crippen LogP contribution in [0.4, 0.5) is 0 Å². The quantitative estimate of drug-likeness (QED) is 0.880. The molecule has 2 atom stereocenters. The molecule has 4 nitrogen and oxygen atoms in total. The van der Waals surface area contributed by atoms with Gasteiger partial charge in [0, 0.05) is 18.9 Å². The molecular formula is C21H26N2O2. The highest BCUT2D eigenvalue weighted by atomic mass is 16.5. The first-order valence-electron chi connectivity index (χ1n) is 8.98. The van der Waals surface area contributed by atoms with Crippen molar-refractivity contribution in [2.45, 2.75) is 32.4 Å². The second-order valence-corrected chi connectivity index (χ2v) is 6.63. The second kappa shape index (κ2) is 8.17. The lowest BCUT2D eigenvalue weighted by Crippen LogP contribution is -2.48. The highest BCUT2D eigenvalue weighted by Gasteiger charge is 2.31. The van der Waals surface area contributed by atoms with Crippen molar-refractivity contribution in [3.8, 4) is 5.75 Å². The number of hydrogen-bond acceptors (Lipinski definition) is 3. The van der Waals surface area contributed by atoms with E-state index in [0.29, 0.717) is 6.42 Å². The highest BCUT2D eigenvalue weighted by Crippen LogP contribution is 2.26. The third-order valence-electron chi connectivity index (χ3n) is 4.91. The zero-order chi connectivity index (χ0) is 17.6. The van der Waals surface area contributed by atoms with Crippen molar-refractivity contribution < 1.29 is 9.53 Å². The maximum Gasteiger partial charge on any atom is 0.220 e. The number of primary amides is 1. The van der Waals surface area contributed by atoms with Crippen LogP contribution in [0.3, 0.4) is 0 Å². The van der Waals surface area contributed by atoms with Crippen molar-refractivity contribution in [2.75, 3.05) is 13.1 Å². The zero-order valence-electron chi connectivity index (χ0n) is 14.7. The first-order chi connectivity index (χ1) is 12.2. The molecule has 2 aromatic carbocycles. The SMILES string of the molecule is CCN1CCC(C(N)=O)CC1Oc1ccc(Cc2ccccc2)cc1. The Labute approximate surface area is 149 Å². The van der Waals surface area contributed by atoms with Gasteiger partial charge in [0.25, 0.3) is 0 Å². The average molecular weight is 338 g/mol. The van der Waals surface area contributed by atoms with Gasteiger partial charge in [-0.25, -0.2) is 0 Å². The van der Waals surface area contributed by atoms with Gasteiger partial charge in [0.2, 0.25) is 5.91 Å². The van der Waals surface area contributed by atoms with Crippen LogP contribution in [0.15, 0.2) is 54.6 Å². The van der Waals surface area contributed by atoms with Crippen molar-refractivity contribution in [3.63, 3.8) is 0 Å². The van der Waals surface area contributed by atoms with Gasteiger partial charge >= 0.3 is 0 Å². The molecule has 0 aliphatic carbocycles. The number of nitrogens with zero attached hydrogens (tertiary/aromatic N) is 1. The molecule has 3 rings (SSSR count). The molecule has 0 radical (unpaired) electrons. The van der Waals surface area contributed by atoms with Gasteiger partial charge in [0.1, 0.15) is 5.75 Å². The third-order valence-corrected chi connectivity index (χ3v) is 4.91. The Bertz CT molecular complexity index is 685. The largest absolute Gasteiger partial charge is 0.475 e. The topological polar surface area (TPSA) is 55.6 Å². The third kappa shape index (κ3) is 4.60. The van der Waals surface area contributed by atoms with Crippen molar-refractivity contribution in [1.29, 1.82) is 0 Å². The van der Waals surface area contributed by atoms with E-state index >= 15 is 0 Å². The minimum atomic E-state index is -0.220. The van der Waals surface area contributed by atoms with Crippen LogP contribution in [-0.2, 0) is 11.2 Å². The molecule has 4 heteroatoms. The van der Waals surface area contributed by atoms with Crippen LogP contribution in [0.1, 0.15) is 30.9 Å². The lowest BCUT2D eigenvalue weighted by Gasteiger charge is -2.37. The standard InChI is InChI=1S/C21H26N2O2/c1-2-23-13-12-18(21(22)24)15-20(23)25-19-10-8-17(9-11-19)14-16-6-4-3-5-7-16/h3-11,18,20H,2,12-15H2,1H3,(H2,22,24). The van der Waals surface area contributed by atoms with Gasteiger partial charge in [-0.05, 0) is 42.6 Å². The van der Waals surface area contributed by atoms with Crippen LogP contribution >= 0.6 is 0 Å². The molecule has 1 heterocycles. The highest BCUT2D eigenvalue weighted by molar-refractivity contribution is 5.76. The summed E-state index contributed by atoms with van der Waals surface area (Å²) in [5, 5.41) is 0. The number of carbonyl (C=O) groups excluding carboxylic acids is 1. The molecule has 1 aliphatic heterocycles. The van der Waals surface area contributed by atoms with E-state index in [4.69, 9.17) is 10.5 Å². The monoisotopic (exact) mass is 338 g/mol. The maximum atomic E-state index is 11.5. The van der Waals surface area contributed by atoms with Gasteiger partial charge in [-0.1, -0.05) is 49.4 Å². The summed E-state index contributed by atoms with van der Waals surface area (Å²) >= 11 is 0. The summed E-state index contributed by atoms with van der Waals surface area (Å²) in [6.07, 6.45) is 2.31. The molecule has 0 spiro atoms. The number of piperidine rings is 1. The first kappa shape index (κ1) is 17.5. The molecule has 0 bridgehead atoms. The number of carbonyl (C=O) groups is 1. The van der Waals surface area contributed by atoms with Gasteiger partial charge in [0.05, 0.1) is 0 Å². The Hall–Kier alpha value is -2.33. The molecule has 1 aliphatic rings. The molecule has 2 unspecified atom stereocenters. The summed E-state index contributed by atoms with van der Waals surface area (Å²) in [7, 11) is 0. The summed E-state index contributed by atoms with van der Waals surface area (Å²) in [4.78, 5) is 13.8. The Kier molecular flexibility index (Phi) is 5.71. The van der Waals surface area contributed by atoms with Crippen LogP contribution in [0.5, 0.6) is 5.75 Å². The van der Waals surface area contributed by atoms with E-state index in [-0.39, 0.29) is 18.1 Å². The number of hydrogen-bond donors (Lipinski definition) is 1. The van der Waals surface area contributed by atoms with Gasteiger partial charge in [-0.15, -0.1) is 0 Å². The van der Waals surface area contributed by atoms with Crippen molar-refractivity contribution in [2.24, 2.45) is 11.7 Å². The van der Waals surface area contributed by atoms with Crippen LogP contribution < -0.4 is 10.5 Å². The van der Waals surface area contributed by atoms with Crippen LogP contribution in [-0.4, -0.2) is 30.1 Å². The number of amides is 1. The second-order valence-electron chi connectivity index (χ2n) is 6.63. The van der Waals surface area contributed by atoms with Gasteiger partial charge < -0.3 is 10.5 Å². The van der Waals surface area contributed by atoms with E-state index in [1.165, 1.54) is 11.1 Å². The summed E-state index contributed by atoms with van der Waals surface area (Å²) in [6.45, 7) is 3.87. The minimum absolute atomic E-state index is 0.0868. The zero-order valence-corrected chi connectivity index (χ0v) is 14.7. The fourth-order valence-electron chi connectivity index (χ4n) is 3.39. The van der Waals surface area contributed by atoms with Gasteiger partial charge in [0.15, 0.2) is 6.23 Å². The van der Waals surface area contributed by atoms with Crippen LogP contribution in [0, 0.1) is 5.92 Å². The maximum absolute atomic E-state index is 11.5. The molecule has 2 aromatic rings. The van der Waals surface area contributed by atoms with E-state index in [0.717, 1.165) is 31.7 Å². The smallest absolute Gasteiger partial charge is 0.220 e. The lowest BCUT2D eigenvalue weighted by atomic mass is 9.95. The molecule has 0 saturated carbocycles. The number of nitrogens with two attached hydrogens (primary N) is 1. The summed E-state index contributed by atoms with van der Waals surface area (Å²) in [5.41, 5.74) is 8.04. The number of ether oxygens (including phenoxy) is 1. The van der Waals surface area contributed by atoms with E-state index in [2.05, 4.69) is 48.2 Å². The molecule has 132 valence electrons. The van der Waals surface area contributed by atoms with Crippen molar-refractivity contribution in [1.82, 2.24) is 4.90 Å². The Morgan fingerprint density at radius 2 is 1.80 bits per heavy atom. The molecule has 25 heavy (non-hydrogen) atoms. The number of rotatable bonds is 6. The Morgan fingerprint density at radius 1 is 1.12 bits per heavy atom. The summed E-state index contributed by atoms with van der Waals surface area (Å²) in [5.74, 6) is 0.526. The summed E-state index contributed by atoms with van der Waals surface area (Å²) < 4.78 is 6.16. The average Bonchev–Trinajstić information content (AvgIpc) is 2.64.